The van der Waals surface area contributed by atoms with Crippen molar-refractivity contribution < 1.29 is 14.7 Å². The molecule has 12 heavy (non-hydrogen) atoms. The van der Waals surface area contributed by atoms with E-state index in [-0.39, 0.29) is 17.6 Å². The fourth-order valence-electron chi connectivity index (χ4n) is 2.51. The highest BCUT2D eigenvalue weighted by Gasteiger charge is 2.55. The standard InChI is InChI=1S/C8H11NO3/c9-6-4-2-1-3(7(4)10)5(6)8(11)12/h3-6H,1-2,9H2,(H,11,12). The van der Waals surface area contributed by atoms with Crippen molar-refractivity contribution in [1.82, 2.24) is 0 Å². The number of carboxylic acids is 1. The van der Waals surface area contributed by atoms with Gasteiger partial charge in [-0.3, -0.25) is 9.59 Å². The quantitative estimate of drug-likeness (QED) is 0.561. The van der Waals surface area contributed by atoms with Crippen molar-refractivity contribution in [3.05, 3.63) is 0 Å². The zero-order valence-electron chi connectivity index (χ0n) is 6.56. The van der Waals surface area contributed by atoms with E-state index in [9.17, 15) is 9.59 Å². The lowest BCUT2D eigenvalue weighted by atomic mass is 9.85. The SMILES string of the molecule is NC1C2CCC(C2=O)C1C(=O)O. The van der Waals surface area contributed by atoms with Gasteiger partial charge in [-0.1, -0.05) is 0 Å². The van der Waals surface area contributed by atoms with Crippen LogP contribution in [0.5, 0.6) is 0 Å². The average molecular weight is 169 g/mol. The maximum Gasteiger partial charge on any atom is 0.308 e. The Morgan fingerprint density at radius 3 is 2.33 bits per heavy atom. The van der Waals surface area contributed by atoms with Crippen molar-refractivity contribution in [3.8, 4) is 0 Å². The first-order valence-electron chi connectivity index (χ1n) is 4.15. The Bertz CT molecular complexity index is 251. The number of carbonyl (C=O) groups is 2. The van der Waals surface area contributed by atoms with Crippen LogP contribution in [0.3, 0.4) is 0 Å². The molecule has 0 aromatic carbocycles. The van der Waals surface area contributed by atoms with Gasteiger partial charge in [-0.25, -0.2) is 0 Å². The van der Waals surface area contributed by atoms with E-state index >= 15 is 0 Å². The Morgan fingerprint density at radius 2 is 2.00 bits per heavy atom. The second-order valence-corrected chi connectivity index (χ2v) is 3.63. The molecule has 0 amide bonds. The van der Waals surface area contributed by atoms with Gasteiger partial charge >= 0.3 is 5.97 Å². The van der Waals surface area contributed by atoms with Crippen molar-refractivity contribution in [2.45, 2.75) is 18.9 Å². The summed E-state index contributed by atoms with van der Waals surface area (Å²) in [6.45, 7) is 0. The number of nitrogens with two attached hydrogens (primary N) is 1. The van der Waals surface area contributed by atoms with Crippen LogP contribution in [-0.2, 0) is 9.59 Å². The van der Waals surface area contributed by atoms with E-state index in [1.54, 1.807) is 0 Å². The Kier molecular flexibility index (Phi) is 1.48. The zero-order valence-corrected chi connectivity index (χ0v) is 6.56. The van der Waals surface area contributed by atoms with Gasteiger partial charge in [0.05, 0.1) is 5.92 Å². The predicted molar refractivity (Wildman–Crippen MR) is 40.3 cm³/mol. The molecule has 0 spiro atoms. The molecule has 4 atom stereocenters. The molecule has 4 heteroatoms. The van der Waals surface area contributed by atoms with Crippen LogP contribution in [0.25, 0.3) is 0 Å². The summed E-state index contributed by atoms with van der Waals surface area (Å²) < 4.78 is 0. The monoisotopic (exact) mass is 169 g/mol. The highest BCUT2D eigenvalue weighted by molar-refractivity contribution is 5.94. The van der Waals surface area contributed by atoms with Crippen LogP contribution in [-0.4, -0.2) is 22.9 Å². The van der Waals surface area contributed by atoms with Crippen molar-refractivity contribution >= 4 is 11.8 Å². The minimum atomic E-state index is -0.914. The van der Waals surface area contributed by atoms with Gasteiger partial charge in [0.1, 0.15) is 5.78 Å². The summed E-state index contributed by atoms with van der Waals surface area (Å²) in [4.78, 5) is 22.1. The molecule has 66 valence electrons. The van der Waals surface area contributed by atoms with Crippen LogP contribution in [0.2, 0.25) is 0 Å². The largest absolute Gasteiger partial charge is 0.481 e. The topological polar surface area (TPSA) is 80.4 Å². The normalized spacial score (nSPS) is 45.2. The van der Waals surface area contributed by atoms with E-state index < -0.39 is 17.9 Å². The third-order valence-electron chi connectivity index (χ3n) is 3.12. The van der Waals surface area contributed by atoms with Crippen LogP contribution >= 0.6 is 0 Å². The van der Waals surface area contributed by atoms with Crippen LogP contribution in [0.15, 0.2) is 0 Å². The maximum atomic E-state index is 11.3. The first kappa shape index (κ1) is 7.73. The van der Waals surface area contributed by atoms with Crippen molar-refractivity contribution in [2.24, 2.45) is 23.5 Å². The van der Waals surface area contributed by atoms with E-state index in [2.05, 4.69) is 0 Å². The molecule has 3 N–H and O–H groups in total. The van der Waals surface area contributed by atoms with Crippen LogP contribution < -0.4 is 5.73 Å². The zero-order chi connectivity index (χ0) is 8.88. The molecule has 0 aromatic rings. The lowest BCUT2D eigenvalue weighted by Gasteiger charge is -2.22. The summed E-state index contributed by atoms with van der Waals surface area (Å²) >= 11 is 0. The summed E-state index contributed by atoms with van der Waals surface area (Å²) in [5, 5.41) is 8.79. The van der Waals surface area contributed by atoms with Gasteiger partial charge in [-0.05, 0) is 12.8 Å². The molecule has 0 radical (unpaired) electrons. The van der Waals surface area contributed by atoms with Gasteiger partial charge in [0, 0.05) is 17.9 Å². The molecule has 2 rings (SSSR count). The fraction of sp³-hybridized carbons (Fsp3) is 0.750. The predicted octanol–water partition coefficient (Wildman–Crippen LogP) is -0.377. The van der Waals surface area contributed by atoms with Gasteiger partial charge in [0.2, 0.25) is 0 Å². The first-order valence-corrected chi connectivity index (χ1v) is 4.15. The number of rotatable bonds is 1. The Hall–Kier alpha value is -0.900. The molecule has 4 nitrogen and oxygen atoms in total. The highest BCUT2D eigenvalue weighted by atomic mass is 16.4. The molecule has 2 saturated carbocycles. The van der Waals surface area contributed by atoms with Crippen LogP contribution in [0, 0.1) is 17.8 Å². The van der Waals surface area contributed by atoms with Crippen molar-refractivity contribution in [3.63, 3.8) is 0 Å². The number of Topliss-reactive ketones (excluding diaryl/α,β-unsaturated/α-hetero) is 1. The van der Waals surface area contributed by atoms with Crippen LogP contribution in [0.4, 0.5) is 0 Å². The molecule has 2 aliphatic carbocycles. The van der Waals surface area contributed by atoms with E-state index in [4.69, 9.17) is 10.8 Å². The van der Waals surface area contributed by atoms with Crippen LogP contribution in [0.1, 0.15) is 12.8 Å². The molecular weight excluding hydrogens is 158 g/mol. The van der Waals surface area contributed by atoms with Gasteiger partial charge in [0.25, 0.3) is 0 Å². The van der Waals surface area contributed by atoms with E-state index in [1.165, 1.54) is 0 Å². The summed E-state index contributed by atoms with van der Waals surface area (Å²) in [5.74, 6) is -1.91. The Morgan fingerprint density at radius 1 is 1.42 bits per heavy atom. The summed E-state index contributed by atoms with van der Waals surface area (Å²) in [6, 6.07) is -0.436. The molecule has 0 saturated heterocycles. The van der Waals surface area contributed by atoms with Gasteiger partial charge < -0.3 is 10.8 Å². The summed E-state index contributed by atoms with van der Waals surface area (Å²) in [6.07, 6.45) is 1.50. The smallest absolute Gasteiger partial charge is 0.308 e. The maximum absolute atomic E-state index is 11.3. The molecule has 4 unspecified atom stereocenters. The molecule has 2 bridgehead atoms. The van der Waals surface area contributed by atoms with Gasteiger partial charge in [-0.15, -0.1) is 0 Å². The number of carbonyl (C=O) groups excluding carboxylic acids is 1. The second-order valence-electron chi connectivity index (χ2n) is 3.63. The second kappa shape index (κ2) is 2.29. The lowest BCUT2D eigenvalue weighted by molar-refractivity contribution is -0.144. The minimum Gasteiger partial charge on any atom is -0.481 e. The lowest BCUT2D eigenvalue weighted by Crippen LogP contribution is -2.40. The van der Waals surface area contributed by atoms with E-state index in [0.717, 1.165) is 6.42 Å². The Labute approximate surface area is 69.7 Å². The average Bonchev–Trinajstić information content (AvgIpc) is 2.43. The van der Waals surface area contributed by atoms with Crippen molar-refractivity contribution in [2.75, 3.05) is 0 Å². The number of carboxylic acid groups (broad SMARTS) is 1. The third kappa shape index (κ3) is 0.756. The number of hydrogen-bond donors (Lipinski definition) is 2. The molecule has 2 aliphatic rings. The highest BCUT2D eigenvalue weighted by Crippen LogP contribution is 2.44. The third-order valence-corrected chi connectivity index (χ3v) is 3.12. The number of aliphatic carboxylic acids is 1. The molecule has 0 aliphatic heterocycles. The first-order chi connectivity index (χ1) is 5.63. The molecular formula is C8H11NO3. The number of fused-ring (bicyclic) bond motifs is 2. The van der Waals surface area contributed by atoms with Gasteiger partial charge in [0.15, 0.2) is 0 Å². The van der Waals surface area contributed by atoms with Gasteiger partial charge in [-0.2, -0.15) is 0 Å². The van der Waals surface area contributed by atoms with Crippen molar-refractivity contribution in [1.29, 1.82) is 0 Å². The minimum absolute atomic E-state index is 0.0786. The molecule has 0 heterocycles. The number of ketones is 1. The summed E-state index contributed by atoms with van der Waals surface area (Å²) in [7, 11) is 0. The Balaban J connectivity index is 2.29. The summed E-state index contributed by atoms with van der Waals surface area (Å²) in [5.41, 5.74) is 5.65. The van der Waals surface area contributed by atoms with E-state index in [0.29, 0.717) is 6.42 Å². The fourth-order valence-corrected chi connectivity index (χ4v) is 2.51. The molecule has 0 aromatic heterocycles. The van der Waals surface area contributed by atoms with E-state index in [1.807, 2.05) is 0 Å². The molecule has 2 fully saturated rings. The number of hydrogen-bond acceptors (Lipinski definition) is 3.